The largest absolute Gasteiger partial charge is 0.497 e. The number of halogens is 1. The molecule has 0 spiro atoms. The highest BCUT2D eigenvalue weighted by molar-refractivity contribution is 9.10. The van der Waals surface area contributed by atoms with Crippen LogP contribution in [0.2, 0.25) is 0 Å². The van der Waals surface area contributed by atoms with Crippen molar-refractivity contribution < 1.29 is 23.7 Å². The smallest absolute Gasteiger partial charge is 0.231 e. The van der Waals surface area contributed by atoms with Gasteiger partial charge in [-0.3, -0.25) is 4.79 Å². The lowest BCUT2D eigenvalue weighted by atomic mass is 9.84. The lowest BCUT2D eigenvalue weighted by molar-refractivity contribution is -0.116. The van der Waals surface area contributed by atoms with Crippen LogP contribution < -0.4 is 24.3 Å². The number of fused-ring (bicyclic) bond motifs is 2. The summed E-state index contributed by atoms with van der Waals surface area (Å²) < 4.78 is 22.7. The number of hydrogen-bond donors (Lipinski definition) is 1. The van der Waals surface area contributed by atoms with E-state index in [1.807, 2.05) is 24.3 Å². The third-order valence-corrected chi connectivity index (χ3v) is 5.14. The molecule has 2 aromatic rings. The van der Waals surface area contributed by atoms with Crippen molar-refractivity contribution in [3.63, 3.8) is 0 Å². The number of ether oxygens (including phenoxy) is 4. The molecule has 2 aromatic carbocycles. The molecule has 0 bridgehead atoms. The summed E-state index contributed by atoms with van der Waals surface area (Å²) in [5.74, 6) is 2.44. The zero-order chi connectivity index (χ0) is 17.6. The molecule has 6 nitrogen and oxygen atoms in total. The fourth-order valence-corrected chi connectivity index (χ4v) is 3.90. The lowest BCUT2D eigenvalue weighted by Gasteiger charge is -2.29. The molecule has 2 aliphatic rings. The summed E-state index contributed by atoms with van der Waals surface area (Å²) in [6, 6.07) is 7.43. The number of carbonyl (C=O) groups excluding carboxylic acids is 1. The minimum atomic E-state index is -0.173. The Bertz CT molecular complexity index is 867. The van der Waals surface area contributed by atoms with Crippen molar-refractivity contribution in [2.24, 2.45) is 0 Å². The van der Waals surface area contributed by atoms with Gasteiger partial charge in [-0.15, -0.1) is 0 Å². The summed E-state index contributed by atoms with van der Waals surface area (Å²) in [6.07, 6.45) is 0.313. The number of amides is 1. The summed E-state index contributed by atoms with van der Waals surface area (Å²) in [7, 11) is 3.19. The molecule has 2 heterocycles. The highest BCUT2D eigenvalue weighted by atomic mass is 79.9. The van der Waals surface area contributed by atoms with Crippen LogP contribution in [0.3, 0.4) is 0 Å². The Morgan fingerprint density at radius 2 is 1.88 bits per heavy atom. The van der Waals surface area contributed by atoms with Gasteiger partial charge in [-0.2, -0.15) is 0 Å². The topological polar surface area (TPSA) is 66.0 Å². The Hall–Kier alpha value is -2.41. The van der Waals surface area contributed by atoms with Gasteiger partial charge in [0.2, 0.25) is 12.7 Å². The quantitative estimate of drug-likeness (QED) is 0.843. The van der Waals surface area contributed by atoms with E-state index in [-0.39, 0.29) is 18.6 Å². The number of benzene rings is 2. The number of methoxy groups -OCH3 is 2. The van der Waals surface area contributed by atoms with Crippen molar-refractivity contribution in [2.75, 3.05) is 26.3 Å². The van der Waals surface area contributed by atoms with Crippen LogP contribution in [-0.4, -0.2) is 26.9 Å². The molecule has 0 aliphatic carbocycles. The molecule has 7 heteroatoms. The van der Waals surface area contributed by atoms with Crippen LogP contribution in [0.4, 0.5) is 5.69 Å². The second-order valence-corrected chi connectivity index (χ2v) is 6.68. The van der Waals surface area contributed by atoms with Gasteiger partial charge in [-0.25, -0.2) is 0 Å². The summed E-state index contributed by atoms with van der Waals surface area (Å²) in [5.41, 5.74) is 2.56. The second-order valence-electron chi connectivity index (χ2n) is 5.82. The summed E-state index contributed by atoms with van der Waals surface area (Å²) in [4.78, 5) is 12.3. The third kappa shape index (κ3) is 2.68. The van der Waals surface area contributed by atoms with Crippen LogP contribution in [0.1, 0.15) is 23.5 Å². The van der Waals surface area contributed by atoms with Gasteiger partial charge in [-0.1, -0.05) is 15.9 Å². The van der Waals surface area contributed by atoms with Gasteiger partial charge in [0, 0.05) is 34.5 Å². The van der Waals surface area contributed by atoms with Gasteiger partial charge < -0.3 is 24.3 Å². The van der Waals surface area contributed by atoms with Gasteiger partial charge in [0.15, 0.2) is 11.5 Å². The lowest BCUT2D eigenvalue weighted by Crippen LogP contribution is -2.24. The highest BCUT2D eigenvalue weighted by Gasteiger charge is 2.33. The third-order valence-electron chi connectivity index (χ3n) is 4.45. The van der Waals surface area contributed by atoms with E-state index in [0.717, 1.165) is 15.6 Å². The molecule has 0 fully saturated rings. The molecular weight excluding hydrogens is 390 g/mol. The Kier molecular flexibility index (Phi) is 3.95. The van der Waals surface area contributed by atoms with Gasteiger partial charge in [0.05, 0.1) is 19.9 Å². The summed E-state index contributed by atoms with van der Waals surface area (Å²) in [6.45, 7) is 0.202. The van der Waals surface area contributed by atoms with E-state index >= 15 is 0 Å². The summed E-state index contributed by atoms with van der Waals surface area (Å²) >= 11 is 3.60. The fourth-order valence-electron chi connectivity index (χ4n) is 3.31. The molecule has 1 N–H and O–H groups in total. The van der Waals surface area contributed by atoms with Crippen LogP contribution in [0.25, 0.3) is 0 Å². The van der Waals surface area contributed by atoms with E-state index in [0.29, 0.717) is 35.1 Å². The first-order valence-electron chi connectivity index (χ1n) is 7.75. The number of hydrogen-bond acceptors (Lipinski definition) is 5. The van der Waals surface area contributed by atoms with E-state index in [4.69, 9.17) is 18.9 Å². The molecule has 0 radical (unpaired) electrons. The first kappa shape index (κ1) is 16.1. The molecule has 0 saturated carbocycles. The first-order valence-corrected chi connectivity index (χ1v) is 8.55. The molecule has 1 amide bonds. The van der Waals surface area contributed by atoms with Crippen LogP contribution in [0.15, 0.2) is 28.7 Å². The van der Waals surface area contributed by atoms with E-state index < -0.39 is 0 Å². The van der Waals surface area contributed by atoms with E-state index in [1.165, 1.54) is 0 Å². The maximum atomic E-state index is 12.3. The molecule has 4 rings (SSSR count). The highest BCUT2D eigenvalue weighted by Crippen LogP contribution is 2.48. The number of carbonyl (C=O) groups is 1. The number of rotatable bonds is 3. The Balaban J connectivity index is 1.89. The molecule has 25 heavy (non-hydrogen) atoms. The monoisotopic (exact) mass is 405 g/mol. The molecule has 0 aromatic heterocycles. The van der Waals surface area contributed by atoms with E-state index in [9.17, 15) is 4.79 Å². The maximum Gasteiger partial charge on any atom is 0.231 e. The maximum absolute atomic E-state index is 12.3. The molecule has 130 valence electrons. The second kappa shape index (κ2) is 6.15. The predicted molar refractivity (Wildman–Crippen MR) is 94.9 cm³/mol. The first-order chi connectivity index (χ1) is 12.1. The number of anilines is 1. The number of nitrogens with one attached hydrogen (secondary N) is 1. The van der Waals surface area contributed by atoms with Crippen molar-refractivity contribution in [3.05, 3.63) is 39.9 Å². The Morgan fingerprint density at radius 3 is 2.60 bits per heavy atom. The standard InChI is InChI=1S/C18H16BrNO5/c1-22-9-3-13-18(16(4-9)23-2)11(6-17(21)20-13)10-5-14-15(7-12(10)19)25-8-24-14/h3-5,7,11H,6,8H2,1-2H3,(H,20,21)/t11-/m0/s1. The van der Waals surface area contributed by atoms with Crippen molar-refractivity contribution in [1.82, 2.24) is 0 Å². The zero-order valence-corrected chi connectivity index (χ0v) is 15.3. The van der Waals surface area contributed by atoms with Crippen molar-refractivity contribution >= 4 is 27.5 Å². The van der Waals surface area contributed by atoms with Gasteiger partial charge >= 0.3 is 0 Å². The van der Waals surface area contributed by atoms with Crippen LogP contribution in [0, 0.1) is 0 Å². The molecule has 0 unspecified atom stereocenters. The normalized spacial score (nSPS) is 17.7. The van der Waals surface area contributed by atoms with Crippen molar-refractivity contribution in [2.45, 2.75) is 12.3 Å². The molecule has 1 atom stereocenters. The van der Waals surface area contributed by atoms with Crippen LogP contribution in [-0.2, 0) is 4.79 Å². The Morgan fingerprint density at radius 1 is 1.12 bits per heavy atom. The minimum absolute atomic E-state index is 0.0580. The molecular formula is C18H16BrNO5. The predicted octanol–water partition coefficient (Wildman–Crippen LogP) is 3.67. The van der Waals surface area contributed by atoms with Crippen molar-refractivity contribution in [3.8, 4) is 23.0 Å². The zero-order valence-electron chi connectivity index (χ0n) is 13.7. The Labute approximate surface area is 153 Å². The van der Waals surface area contributed by atoms with E-state index in [1.54, 1.807) is 14.2 Å². The SMILES string of the molecule is COc1cc2c(c(OC)c1)[C@H](c1cc3c(cc1Br)OCO3)CC(=O)N2. The van der Waals surface area contributed by atoms with Crippen LogP contribution >= 0.6 is 15.9 Å². The average molecular weight is 406 g/mol. The average Bonchev–Trinajstić information content (AvgIpc) is 3.06. The van der Waals surface area contributed by atoms with Crippen LogP contribution in [0.5, 0.6) is 23.0 Å². The minimum Gasteiger partial charge on any atom is -0.497 e. The summed E-state index contributed by atoms with van der Waals surface area (Å²) in [5, 5.41) is 2.91. The fraction of sp³-hybridized carbons (Fsp3) is 0.278. The van der Waals surface area contributed by atoms with Gasteiger partial charge in [0.25, 0.3) is 0 Å². The molecule has 0 saturated heterocycles. The molecule has 2 aliphatic heterocycles. The van der Waals surface area contributed by atoms with E-state index in [2.05, 4.69) is 21.2 Å². The van der Waals surface area contributed by atoms with Crippen molar-refractivity contribution in [1.29, 1.82) is 0 Å². The van der Waals surface area contributed by atoms with Gasteiger partial charge in [0.1, 0.15) is 11.5 Å². The van der Waals surface area contributed by atoms with Gasteiger partial charge in [-0.05, 0) is 17.7 Å².